The Kier molecular flexibility index (Phi) is 4.49. The van der Waals surface area contributed by atoms with Crippen LogP contribution in [0.1, 0.15) is 0 Å². The third-order valence-corrected chi connectivity index (χ3v) is 2.06. The highest BCUT2D eigenvalue weighted by Crippen LogP contribution is 1.90. The lowest BCUT2D eigenvalue weighted by Crippen LogP contribution is -2.65. The second kappa shape index (κ2) is 5.89. The molecule has 0 amide bonds. The van der Waals surface area contributed by atoms with Crippen LogP contribution in [-0.4, -0.2) is 56.0 Å². The summed E-state index contributed by atoms with van der Waals surface area (Å²) in [6.45, 7) is 1.24. The Hall–Kier alpha value is 0.150. The molecule has 0 aromatic carbocycles. The zero-order valence-electron chi connectivity index (χ0n) is 7.83. The molecule has 5 N–H and O–H groups in total. The van der Waals surface area contributed by atoms with Crippen molar-refractivity contribution >= 4 is 44.7 Å². The molecule has 0 aliphatic carbocycles. The molecule has 12 heteroatoms. The SMILES string of the molecule is [B]1N[B]N(CCB2N[B]N[B]N2)[B]N1. The molecule has 0 aromatic heterocycles. The van der Waals surface area contributed by atoms with Crippen LogP contribution in [0.25, 0.3) is 0 Å². The first-order chi connectivity index (χ1) is 6.95. The highest BCUT2D eigenvalue weighted by molar-refractivity contribution is 6.75. The summed E-state index contributed by atoms with van der Waals surface area (Å²) in [4.78, 5) is 0. The zero-order valence-corrected chi connectivity index (χ0v) is 7.83. The largest absolute Gasteiger partial charge is 0.379 e. The second-order valence-corrected chi connectivity index (χ2v) is 3.10. The van der Waals surface area contributed by atoms with Crippen molar-refractivity contribution < 1.29 is 0 Å². The first-order valence-electron chi connectivity index (χ1n) is 4.63. The topological polar surface area (TPSA) is 63.4 Å². The van der Waals surface area contributed by atoms with Gasteiger partial charge in [0.1, 0.15) is 0 Å². The molecule has 0 bridgehead atoms. The van der Waals surface area contributed by atoms with E-state index in [2.05, 4.69) is 30.4 Å². The van der Waals surface area contributed by atoms with E-state index in [1.165, 1.54) is 0 Å². The number of hydrogen-bond donors (Lipinski definition) is 5. The van der Waals surface area contributed by atoms with Gasteiger partial charge in [-0.1, -0.05) is 0 Å². The molecular weight excluding hydrogens is 173 g/mol. The van der Waals surface area contributed by atoms with Crippen LogP contribution in [0.4, 0.5) is 0 Å². The summed E-state index contributed by atoms with van der Waals surface area (Å²) in [5.41, 5.74) is 0. The minimum atomic E-state index is 0.295. The molecule has 2 rings (SSSR count). The van der Waals surface area contributed by atoms with Crippen molar-refractivity contribution in [3.63, 3.8) is 0 Å². The van der Waals surface area contributed by atoms with Crippen molar-refractivity contribution in [3.05, 3.63) is 0 Å². The summed E-state index contributed by atoms with van der Waals surface area (Å²) in [6, 6.07) is 0. The lowest BCUT2D eigenvalue weighted by molar-refractivity contribution is 0.686. The van der Waals surface area contributed by atoms with E-state index < -0.39 is 0 Å². The third kappa shape index (κ3) is 3.38. The molecule has 2 aliphatic rings. The van der Waals surface area contributed by atoms with Crippen molar-refractivity contribution in [2.75, 3.05) is 6.54 Å². The van der Waals surface area contributed by atoms with Gasteiger partial charge < -0.3 is 30.4 Å². The molecule has 2 fully saturated rings. The van der Waals surface area contributed by atoms with Crippen LogP contribution in [0.2, 0.25) is 6.32 Å². The molecule has 0 atom stereocenters. The van der Waals surface area contributed by atoms with E-state index >= 15 is 0 Å². The summed E-state index contributed by atoms with van der Waals surface area (Å²) in [5, 5.41) is 15.3. The fourth-order valence-electron chi connectivity index (χ4n) is 1.31. The molecule has 6 nitrogen and oxygen atoms in total. The molecule has 0 aromatic rings. The molecule has 14 heavy (non-hydrogen) atoms. The number of nitrogens with zero attached hydrogens (tertiary/aromatic N) is 1. The molecule has 5 radical (unpaired) electrons. The molecule has 2 heterocycles. The monoisotopic (exact) mass is 183 g/mol. The van der Waals surface area contributed by atoms with Crippen LogP contribution in [0.15, 0.2) is 0 Å². The van der Waals surface area contributed by atoms with Gasteiger partial charge in [-0.2, -0.15) is 0 Å². The molecule has 0 spiro atoms. The summed E-state index contributed by atoms with van der Waals surface area (Å²) in [6.07, 6.45) is 1.01. The van der Waals surface area contributed by atoms with Crippen LogP contribution < -0.4 is 25.7 Å². The van der Waals surface area contributed by atoms with Crippen molar-refractivity contribution in [2.24, 2.45) is 0 Å². The van der Waals surface area contributed by atoms with Crippen molar-refractivity contribution in [2.45, 2.75) is 6.32 Å². The average molecular weight is 182 g/mol. The van der Waals surface area contributed by atoms with Crippen LogP contribution in [-0.2, 0) is 0 Å². The van der Waals surface area contributed by atoms with Gasteiger partial charge in [0, 0.05) is 0 Å². The molecule has 0 saturated carbocycles. The maximum atomic E-state index is 3.18. The predicted octanol–water partition coefficient (Wildman–Crippen LogP) is -4.58. The summed E-state index contributed by atoms with van der Waals surface area (Å²) < 4.78 is 2.06. The molecule has 0 unspecified atom stereocenters. The number of nitrogens with one attached hydrogen (secondary N) is 5. The van der Waals surface area contributed by atoms with E-state index in [9.17, 15) is 0 Å². The van der Waals surface area contributed by atoms with Crippen molar-refractivity contribution in [3.8, 4) is 0 Å². The van der Waals surface area contributed by atoms with Gasteiger partial charge in [-0.15, -0.1) is 0 Å². The van der Waals surface area contributed by atoms with Gasteiger partial charge in [0.2, 0.25) is 0 Å². The maximum Gasteiger partial charge on any atom is 0.287 e. The van der Waals surface area contributed by atoms with Crippen molar-refractivity contribution in [1.29, 1.82) is 0 Å². The smallest absolute Gasteiger partial charge is 0.287 e. The van der Waals surface area contributed by atoms with Crippen LogP contribution in [0.3, 0.4) is 0 Å². The fourth-order valence-corrected chi connectivity index (χ4v) is 1.31. The normalized spacial score (nSPS) is 22.4. The highest BCUT2D eigenvalue weighted by Gasteiger charge is 2.20. The van der Waals surface area contributed by atoms with E-state index in [0.717, 1.165) is 12.9 Å². The van der Waals surface area contributed by atoms with Crippen LogP contribution in [0.5, 0.6) is 0 Å². The maximum absolute atomic E-state index is 3.18. The quantitative estimate of drug-likeness (QED) is 0.283. The van der Waals surface area contributed by atoms with E-state index in [-0.39, 0.29) is 0 Å². The van der Waals surface area contributed by atoms with Gasteiger partial charge in [-0.25, -0.2) is 0 Å². The summed E-state index contributed by atoms with van der Waals surface area (Å²) >= 11 is 0. The fraction of sp³-hybridized carbons (Fsp3) is 1.00. The summed E-state index contributed by atoms with van der Waals surface area (Å²) in [7, 11) is 9.28. The lowest BCUT2D eigenvalue weighted by Gasteiger charge is -2.28. The van der Waals surface area contributed by atoms with Gasteiger partial charge >= 0.3 is 0 Å². The minimum absolute atomic E-state index is 0.295. The molecule has 65 valence electrons. The Morgan fingerprint density at radius 3 is 2.36 bits per heavy atom. The molecular formula is C2H9B6N6. The Balaban J connectivity index is 1.60. The van der Waals surface area contributed by atoms with Gasteiger partial charge in [0.15, 0.2) is 0 Å². The second-order valence-electron chi connectivity index (χ2n) is 3.10. The van der Waals surface area contributed by atoms with Gasteiger partial charge in [0.25, 0.3) is 44.7 Å². The van der Waals surface area contributed by atoms with Crippen LogP contribution in [0, 0.1) is 0 Å². The van der Waals surface area contributed by atoms with E-state index in [1.807, 2.05) is 30.2 Å². The Labute approximate surface area is 88.6 Å². The van der Waals surface area contributed by atoms with E-state index in [4.69, 9.17) is 0 Å². The highest BCUT2D eigenvalue weighted by atomic mass is 15.1. The molecule has 2 aliphatic heterocycles. The number of rotatable bonds is 3. The number of hydrogen-bond acceptors (Lipinski definition) is 6. The van der Waals surface area contributed by atoms with Gasteiger partial charge in [-0.3, -0.25) is 0 Å². The standard InChI is InChI=1S/C2H9B6N6/c1(8-12-4-9-5-13-8)2-14-6-10-3-11-7-14/h9-13H,1-2H2. The van der Waals surface area contributed by atoms with Gasteiger partial charge in [0.05, 0.1) is 0 Å². The first-order valence-corrected chi connectivity index (χ1v) is 4.63. The zero-order chi connectivity index (χ0) is 9.64. The minimum Gasteiger partial charge on any atom is -0.379 e. The lowest BCUT2D eigenvalue weighted by atomic mass is 9.62. The van der Waals surface area contributed by atoms with Gasteiger partial charge in [-0.05, 0) is 12.9 Å². The Morgan fingerprint density at radius 2 is 1.64 bits per heavy atom. The first kappa shape index (κ1) is 10.7. The summed E-state index contributed by atoms with van der Waals surface area (Å²) in [5.74, 6) is 0. The predicted molar refractivity (Wildman–Crippen MR) is 61.7 cm³/mol. The van der Waals surface area contributed by atoms with Crippen LogP contribution >= 0.6 is 0 Å². The third-order valence-electron chi connectivity index (χ3n) is 2.06. The Morgan fingerprint density at radius 1 is 0.929 bits per heavy atom. The average Bonchev–Trinajstić information content (AvgIpc) is 2.29. The van der Waals surface area contributed by atoms with E-state index in [1.54, 1.807) is 7.55 Å². The Bertz CT molecular complexity index is 140. The molecule has 2 saturated heterocycles. The van der Waals surface area contributed by atoms with E-state index in [0.29, 0.717) is 6.98 Å². The van der Waals surface area contributed by atoms with Crippen molar-refractivity contribution in [1.82, 2.24) is 30.4 Å².